The maximum Gasteiger partial charge on any atom is 0.294 e. The number of fused-ring (bicyclic) bond motifs is 1. The summed E-state index contributed by atoms with van der Waals surface area (Å²) in [6, 6.07) is 23.0. The third-order valence-electron chi connectivity index (χ3n) is 6.52. The van der Waals surface area contributed by atoms with Gasteiger partial charge in [0, 0.05) is 18.7 Å². The number of hydrogen-bond donors (Lipinski definition) is 1. The predicted molar refractivity (Wildman–Crippen MR) is 153 cm³/mol. The van der Waals surface area contributed by atoms with Crippen LogP contribution in [0.25, 0.3) is 6.08 Å². The number of nitrogens with zero attached hydrogens (tertiary/aromatic N) is 2. The van der Waals surface area contributed by atoms with E-state index in [1.165, 1.54) is 0 Å². The van der Waals surface area contributed by atoms with E-state index in [-0.39, 0.29) is 17.6 Å². The molecule has 0 unspecified atom stereocenters. The van der Waals surface area contributed by atoms with Crippen LogP contribution in [0.2, 0.25) is 0 Å². The fourth-order valence-electron chi connectivity index (χ4n) is 4.69. The molecule has 3 aromatic rings. The summed E-state index contributed by atoms with van der Waals surface area (Å²) < 4.78 is 6.02. The van der Waals surface area contributed by atoms with Crippen LogP contribution in [0.5, 0.6) is 5.75 Å². The van der Waals surface area contributed by atoms with Crippen molar-refractivity contribution in [3.8, 4) is 5.75 Å². The first-order chi connectivity index (χ1) is 18.5. The Bertz CT molecular complexity index is 1280. The van der Waals surface area contributed by atoms with Crippen molar-refractivity contribution in [1.29, 1.82) is 0 Å². The van der Waals surface area contributed by atoms with Gasteiger partial charge in [-0.1, -0.05) is 67.9 Å². The molecule has 2 amide bonds. The SMILES string of the molecule is CCCN(CCC)CCNC(=O)c1ccc(C=C2Oc3ccccc3N(Cc3cccc(C)c3)C2=O)cc1. The Labute approximate surface area is 225 Å². The maximum absolute atomic E-state index is 13.5. The Morgan fingerprint density at radius 3 is 2.39 bits per heavy atom. The zero-order valence-electron chi connectivity index (χ0n) is 22.6. The molecule has 0 radical (unpaired) electrons. The minimum atomic E-state index is -0.198. The van der Waals surface area contributed by atoms with Gasteiger partial charge in [0.25, 0.3) is 11.8 Å². The molecule has 4 rings (SSSR count). The van der Waals surface area contributed by atoms with Crippen LogP contribution in [0.3, 0.4) is 0 Å². The van der Waals surface area contributed by atoms with E-state index < -0.39 is 0 Å². The van der Waals surface area contributed by atoms with Gasteiger partial charge in [0.2, 0.25) is 0 Å². The molecule has 0 saturated heterocycles. The lowest BCUT2D eigenvalue weighted by Gasteiger charge is -2.30. The van der Waals surface area contributed by atoms with E-state index in [0.29, 0.717) is 24.4 Å². The number of carbonyl (C=O) groups is 2. The summed E-state index contributed by atoms with van der Waals surface area (Å²) in [6.45, 7) is 10.4. The maximum atomic E-state index is 13.5. The molecular weight excluding hydrogens is 474 g/mol. The van der Waals surface area contributed by atoms with Gasteiger partial charge in [-0.15, -0.1) is 0 Å². The Kier molecular flexibility index (Phi) is 9.33. The van der Waals surface area contributed by atoms with Crippen molar-refractivity contribution in [3.63, 3.8) is 0 Å². The van der Waals surface area contributed by atoms with Crippen molar-refractivity contribution in [2.75, 3.05) is 31.1 Å². The van der Waals surface area contributed by atoms with E-state index in [4.69, 9.17) is 4.74 Å². The van der Waals surface area contributed by atoms with Crippen LogP contribution in [-0.4, -0.2) is 42.9 Å². The lowest BCUT2D eigenvalue weighted by Crippen LogP contribution is -2.36. The number of rotatable bonds is 11. The number of nitrogens with one attached hydrogen (secondary N) is 1. The molecule has 0 atom stereocenters. The molecule has 38 heavy (non-hydrogen) atoms. The number of para-hydroxylation sites is 2. The molecule has 1 aliphatic heterocycles. The Hall–Kier alpha value is -3.90. The van der Waals surface area contributed by atoms with E-state index in [9.17, 15) is 9.59 Å². The molecule has 6 nitrogen and oxygen atoms in total. The zero-order chi connectivity index (χ0) is 26.9. The van der Waals surface area contributed by atoms with Gasteiger partial charge in [-0.2, -0.15) is 0 Å². The molecule has 0 bridgehead atoms. The number of hydrogen-bond acceptors (Lipinski definition) is 4. The van der Waals surface area contributed by atoms with Gasteiger partial charge in [-0.05, 0) is 74.3 Å². The van der Waals surface area contributed by atoms with E-state index in [0.717, 1.165) is 54.9 Å². The first kappa shape index (κ1) is 27.1. The topological polar surface area (TPSA) is 61.9 Å². The molecule has 1 N–H and O–H groups in total. The van der Waals surface area contributed by atoms with Gasteiger partial charge >= 0.3 is 0 Å². The van der Waals surface area contributed by atoms with E-state index in [2.05, 4.69) is 30.1 Å². The van der Waals surface area contributed by atoms with Crippen LogP contribution in [-0.2, 0) is 11.3 Å². The summed E-state index contributed by atoms with van der Waals surface area (Å²) in [5, 5.41) is 3.02. The Morgan fingerprint density at radius 1 is 0.947 bits per heavy atom. The van der Waals surface area contributed by atoms with Gasteiger partial charge in [0.1, 0.15) is 0 Å². The summed E-state index contributed by atoms with van der Waals surface area (Å²) in [6.07, 6.45) is 3.94. The van der Waals surface area contributed by atoms with Crippen molar-refractivity contribution in [2.45, 2.75) is 40.2 Å². The van der Waals surface area contributed by atoms with Crippen LogP contribution < -0.4 is 15.0 Å². The molecule has 1 heterocycles. The molecular formula is C32H37N3O3. The molecule has 3 aromatic carbocycles. The monoisotopic (exact) mass is 511 g/mol. The molecule has 1 aliphatic rings. The molecule has 0 spiro atoms. The van der Waals surface area contributed by atoms with Crippen LogP contribution in [0.1, 0.15) is 53.7 Å². The molecule has 0 aliphatic carbocycles. The quantitative estimate of drug-likeness (QED) is 0.330. The highest BCUT2D eigenvalue weighted by Crippen LogP contribution is 2.36. The predicted octanol–water partition coefficient (Wildman–Crippen LogP) is 5.81. The number of carbonyl (C=O) groups excluding carboxylic acids is 2. The second-order valence-electron chi connectivity index (χ2n) is 9.68. The highest BCUT2D eigenvalue weighted by Gasteiger charge is 2.30. The van der Waals surface area contributed by atoms with Gasteiger partial charge in [0.05, 0.1) is 12.2 Å². The van der Waals surface area contributed by atoms with Crippen molar-refractivity contribution in [2.24, 2.45) is 0 Å². The Balaban J connectivity index is 1.46. The molecule has 6 heteroatoms. The summed E-state index contributed by atoms with van der Waals surface area (Å²) in [5.41, 5.74) is 4.33. The first-order valence-corrected chi connectivity index (χ1v) is 13.4. The number of amides is 2. The summed E-state index contributed by atoms with van der Waals surface area (Å²) in [4.78, 5) is 30.3. The summed E-state index contributed by atoms with van der Waals surface area (Å²) >= 11 is 0. The zero-order valence-corrected chi connectivity index (χ0v) is 22.6. The average molecular weight is 512 g/mol. The van der Waals surface area contributed by atoms with E-state index >= 15 is 0 Å². The summed E-state index contributed by atoms with van der Waals surface area (Å²) in [5.74, 6) is 0.596. The third kappa shape index (κ3) is 6.90. The van der Waals surface area contributed by atoms with Crippen molar-refractivity contribution in [3.05, 3.63) is 101 Å². The van der Waals surface area contributed by atoms with E-state index in [1.807, 2.05) is 61.5 Å². The third-order valence-corrected chi connectivity index (χ3v) is 6.52. The summed E-state index contributed by atoms with van der Waals surface area (Å²) in [7, 11) is 0. The fraction of sp³-hybridized carbons (Fsp3) is 0.312. The largest absolute Gasteiger partial charge is 0.449 e. The highest BCUT2D eigenvalue weighted by atomic mass is 16.5. The number of anilines is 1. The fourth-order valence-corrected chi connectivity index (χ4v) is 4.69. The van der Waals surface area contributed by atoms with Crippen LogP contribution in [0.15, 0.2) is 78.6 Å². The van der Waals surface area contributed by atoms with Crippen molar-refractivity contribution < 1.29 is 14.3 Å². The molecule has 0 aromatic heterocycles. The van der Waals surface area contributed by atoms with Gasteiger partial charge in [0.15, 0.2) is 11.5 Å². The van der Waals surface area contributed by atoms with Gasteiger partial charge < -0.3 is 15.0 Å². The molecule has 0 saturated carbocycles. The van der Waals surface area contributed by atoms with Crippen molar-refractivity contribution in [1.82, 2.24) is 10.2 Å². The lowest BCUT2D eigenvalue weighted by atomic mass is 10.1. The van der Waals surface area contributed by atoms with Crippen LogP contribution in [0, 0.1) is 6.92 Å². The van der Waals surface area contributed by atoms with Crippen molar-refractivity contribution >= 4 is 23.6 Å². The first-order valence-electron chi connectivity index (χ1n) is 13.4. The van der Waals surface area contributed by atoms with E-state index in [1.54, 1.807) is 23.1 Å². The second-order valence-corrected chi connectivity index (χ2v) is 9.68. The Morgan fingerprint density at radius 2 is 1.68 bits per heavy atom. The molecule has 198 valence electrons. The molecule has 0 fully saturated rings. The lowest BCUT2D eigenvalue weighted by molar-refractivity contribution is -0.117. The number of aryl methyl sites for hydroxylation is 1. The van der Waals surface area contributed by atoms with Gasteiger partial charge in [-0.25, -0.2) is 0 Å². The minimum Gasteiger partial charge on any atom is -0.449 e. The standard InChI is InChI=1S/C32H37N3O3/c1-4-18-34(19-5-2)20-17-33-31(36)27-15-13-25(14-16-27)22-30-32(37)35(23-26-10-8-9-24(3)21-26)28-11-6-7-12-29(28)38-30/h6-16,21-22H,4-5,17-20,23H2,1-3H3,(H,33,36). The average Bonchev–Trinajstić information content (AvgIpc) is 2.91. The number of benzene rings is 3. The second kappa shape index (κ2) is 13.1. The normalized spacial score (nSPS) is 13.9. The minimum absolute atomic E-state index is 0.0969. The van der Waals surface area contributed by atoms with Crippen LogP contribution in [0.4, 0.5) is 5.69 Å². The van der Waals surface area contributed by atoms with Gasteiger partial charge in [-0.3, -0.25) is 14.5 Å². The smallest absolute Gasteiger partial charge is 0.294 e. The number of ether oxygens (including phenoxy) is 1. The van der Waals surface area contributed by atoms with Crippen LogP contribution >= 0.6 is 0 Å². The highest BCUT2D eigenvalue weighted by molar-refractivity contribution is 6.09.